The molecule has 2 heterocycles. The maximum Gasteiger partial charge on any atom is 0.243 e. The second kappa shape index (κ2) is 7.17. The molecule has 0 saturated carbocycles. The third-order valence-electron chi connectivity index (χ3n) is 4.44. The quantitative estimate of drug-likeness (QED) is 0.768. The third kappa shape index (κ3) is 3.41. The van der Waals surface area contributed by atoms with Crippen molar-refractivity contribution < 1.29 is 4.79 Å². The van der Waals surface area contributed by atoms with Gasteiger partial charge in [0.05, 0.1) is 17.9 Å². The number of anilines is 2. The maximum absolute atomic E-state index is 12.7. The van der Waals surface area contributed by atoms with Crippen molar-refractivity contribution in [1.82, 2.24) is 14.8 Å². The number of fused-ring (bicyclic) bond motifs is 1. The van der Waals surface area contributed by atoms with Crippen LogP contribution in [0, 0.1) is 0 Å². The van der Waals surface area contributed by atoms with Crippen LogP contribution in [0.2, 0.25) is 5.02 Å². The van der Waals surface area contributed by atoms with Crippen molar-refractivity contribution in [3.8, 4) is 5.69 Å². The highest BCUT2D eigenvalue weighted by Crippen LogP contribution is 2.27. The van der Waals surface area contributed by atoms with Gasteiger partial charge in [-0.1, -0.05) is 29.8 Å². The van der Waals surface area contributed by atoms with Crippen molar-refractivity contribution in [3.05, 3.63) is 65.7 Å². The number of benzene rings is 2. The minimum absolute atomic E-state index is 0.0923. The summed E-state index contributed by atoms with van der Waals surface area (Å²) < 4.78 is 1.60. The molecular formula is C19H18ClN5O. The van der Waals surface area contributed by atoms with Gasteiger partial charge in [0.1, 0.15) is 12.7 Å². The number of hydrogen-bond donors (Lipinski definition) is 1. The number of carbonyl (C=O) groups is 1. The van der Waals surface area contributed by atoms with Crippen molar-refractivity contribution in [1.29, 1.82) is 0 Å². The molecule has 0 fully saturated rings. The molecule has 7 heteroatoms. The fourth-order valence-electron chi connectivity index (χ4n) is 3.28. The van der Waals surface area contributed by atoms with Crippen LogP contribution >= 0.6 is 11.6 Å². The first-order chi connectivity index (χ1) is 12.7. The Balaban J connectivity index is 1.54. The highest BCUT2D eigenvalue weighted by Gasteiger charge is 2.19. The fourth-order valence-corrected chi connectivity index (χ4v) is 3.45. The second-order valence-corrected chi connectivity index (χ2v) is 6.64. The molecule has 0 spiro atoms. The van der Waals surface area contributed by atoms with Gasteiger partial charge in [-0.3, -0.25) is 4.79 Å². The Labute approximate surface area is 156 Å². The fraction of sp³-hybridized carbons (Fsp3) is 0.211. The van der Waals surface area contributed by atoms with E-state index in [1.54, 1.807) is 23.1 Å². The molecule has 3 aromatic rings. The molecule has 0 bridgehead atoms. The minimum Gasteiger partial charge on any atom is -0.362 e. The van der Waals surface area contributed by atoms with Crippen LogP contribution in [0.1, 0.15) is 12.0 Å². The van der Waals surface area contributed by atoms with Gasteiger partial charge in [0.15, 0.2) is 0 Å². The van der Waals surface area contributed by atoms with Crippen LogP contribution in [0.3, 0.4) is 0 Å². The van der Waals surface area contributed by atoms with Crippen molar-refractivity contribution in [2.75, 3.05) is 23.3 Å². The molecule has 1 N–H and O–H groups in total. The zero-order valence-electron chi connectivity index (χ0n) is 14.1. The molecule has 0 atom stereocenters. The zero-order valence-corrected chi connectivity index (χ0v) is 14.9. The largest absolute Gasteiger partial charge is 0.362 e. The number of aryl methyl sites for hydroxylation is 1. The predicted molar refractivity (Wildman–Crippen MR) is 102 cm³/mol. The average Bonchev–Trinajstić information content (AvgIpc) is 3.16. The van der Waals surface area contributed by atoms with Crippen molar-refractivity contribution in [2.24, 2.45) is 0 Å². The van der Waals surface area contributed by atoms with E-state index in [9.17, 15) is 4.79 Å². The summed E-state index contributed by atoms with van der Waals surface area (Å²) in [6, 6.07) is 13.5. The van der Waals surface area contributed by atoms with E-state index in [4.69, 9.17) is 11.6 Å². The molecule has 0 saturated heterocycles. The summed E-state index contributed by atoms with van der Waals surface area (Å²) in [6.07, 6.45) is 5.13. The lowest BCUT2D eigenvalue weighted by atomic mass is 10.0. The van der Waals surface area contributed by atoms with Gasteiger partial charge in [-0.25, -0.2) is 9.67 Å². The van der Waals surface area contributed by atoms with Crippen LogP contribution in [0.5, 0.6) is 0 Å². The Morgan fingerprint density at radius 2 is 2.08 bits per heavy atom. The zero-order chi connectivity index (χ0) is 17.9. The molecule has 1 aliphatic heterocycles. The Kier molecular flexibility index (Phi) is 4.58. The Morgan fingerprint density at radius 3 is 2.92 bits per heavy atom. The second-order valence-electron chi connectivity index (χ2n) is 6.20. The molecule has 132 valence electrons. The smallest absolute Gasteiger partial charge is 0.243 e. The minimum atomic E-state index is -0.0923. The molecule has 1 aromatic heterocycles. The van der Waals surface area contributed by atoms with E-state index < -0.39 is 0 Å². The Morgan fingerprint density at radius 1 is 1.19 bits per heavy atom. The number of aromatic nitrogens is 3. The van der Waals surface area contributed by atoms with Gasteiger partial charge in [0.2, 0.25) is 5.91 Å². The molecule has 0 radical (unpaired) electrons. The van der Waals surface area contributed by atoms with Crippen LogP contribution in [0.4, 0.5) is 11.4 Å². The standard InChI is InChI=1S/C19H18ClN5O/c20-15-7-8-18(25-13-21-12-22-25)16(10-15)23-19(26)11-24-9-3-5-14-4-1-2-6-17(14)24/h1-2,4,6-8,10,12-13H,3,5,9,11H2,(H,23,26). The number of carbonyl (C=O) groups excluding carboxylic acids is 1. The van der Waals surface area contributed by atoms with E-state index in [1.165, 1.54) is 11.9 Å². The number of hydrogen-bond acceptors (Lipinski definition) is 4. The van der Waals surface area contributed by atoms with Gasteiger partial charge in [0.25, 0.3) is 0 Å². The highest BCUT2D eigenvalue weighted by atomic mass is 35.5. The van der Waals surface area contributed by atoms with Gasteiger partial charge in [0, 0.05) is 17.3 Å². The number of rotatable bonds is 4. The summed E-state index contributed by atoms with van der Waals surface area (Å²) in [5.74, 6) is -0.0923. The molecular weight excluding hydrogens is 350 g/mol. The summed E-state index contributed by atoms with van der Waals surface area (Å²) in [7, 11) is 0. The third-order valence-corrected chi connectivity index (χ3v) is 4.67. The Bertz CT molecular complexity index is 925. The summed E-state index contributed by atoms with van der Waals surface area (Å²) in [6.45, 7) is 1.16. The average molecular weight is 368 g/mol. The molecule has 0 aliphatic carbocycles. The molecule has 1 amide bonds. The number of para-hydroxylation sites is 1. The van der Waals surface area contributed by atoms with Gasteiger partial charge in [-0.2, -0.15) is 5.10 Å². The molecule has 26 heavy (non-hydrogen) atoms. The van der Waals surface area contributed by atoms with E-state index >= 15 is 0 Å². The topological polar surface area (TPSA) is 63.1 Å². The normalized spacial score (nSPS) is 13.3. The molecule has 6 nitrogen and oxygen atoms in total. The summed E-state index contributed by atoms with van der Waals surface area (Å²) >= 11 is 6.11. The molecule has 4 rings (SSSR count). The van der Waals surface area contributed by atoms with Gasteiger partial charge in [-0.05, 0) is 42.7 Å². The van der Waals surface area contributed by atoms with E-state index in [2.05, 4.69) is 32.4 Å². The van der Waals surface area contributed by atoms with Gasteiger partial charge < -0.3 is 10.2 Å². The number of nitrogens with zero attached hydrogens (tertiary/aromatic N) is 4. The first kappa shape index (κ1) is 16.6. The van der Waals surface area contributed by atoms with Crippen molar-refractivity contribution in [3.63, 3.8) is 0 Å². The molecule has 1 aliphatic rings. The van der Waals surface area contributed by atoms with Crippen LogP contribution in [-0.4, -0.2) is 33.8 Å². The lowest BCUT2D eigenvalue weighted by molar-refractivity contribution is -0.115. The van der Waals surface area contributed by atoms with Crippen molar-refractivity contribution >= 4 is 28.9 Å². The van der Waals surface area contributed by atoms with E-state index in [0.29, 0.717) is 17.3 Å². The monoisotopic (exact) mass is 367 g/mol. The summed E-state index contributed by atoms with van der Waals surface area (Å²) in [4.78, 5) is 18.8. The summed E-state index contributed by atoms with van der Waals surface area (Å²) in [5.41, 5.74) is 3.76. The first-order valence-corrected chi connectivity index (χ1v) is 8.86. The molecule has 2 aromatic carbocycles. The van der Waals surface area contributed by atoms with E-state index in [-0.39, 0.29) is 5.91 Å². The van der Waals surface area contributed by atoms with Gasteiger partial charge in [-0.15, -0.1) is 0 Å². The SMILES string of the molecule is O=C(CN1CCCc2ccccc21)Nc1cc(Cl)ccc1-n1cncn1. The van der Waals surface area contributed by atoms with Crippen LogP contribution in [0.25, 0.3) is 5.69 Å². The number of nitrogens with one attached hydrogen (secondary N) is 1. The number of amides is 1. The first-order valence-electron chi connectivity index (χ1n) is 8.48. The maximum atomic E-state index is 12.7. The predicted octanol–water partition coefficient (Wildman–Crippen LogP) is 3.31. The highest BCUT2D eigenvalue weighted by molar-refractivity contribution is 6.31. The van der Waals surface area contributed by atoms with Gasteiger partial charge >= 0.3 is 0 Å². The van der Waals surface area contributed by atoms with Crippen LogP contribution in [-0.2, 0) is 11.2 Å². The van der Waals surface area contributed by atoms with Crippen LogP contribution < -0.4 is 10.2 Å². The molecule has 0 unspecified atom stereocenters. The lowest BCUT2D eigenvalue weighted by Gasteiger charge is -2.30. The lowest BCUT2D eigenvalue weighted by Crippen LogP contribution is -2.36. The van der Waals surface area contributed by atoms with Crippen molar-refractivity contribution in [2.45, 2.75) is 12.8 Å². The summed E-state index contributed by atoms with van der Waals surface area (Å²) in [5, 5.41) is 7.64. The number of halogens is 1. The van der Waals surface area contributed by atoms with Crippen LogP contribution in [0.15, 0.2) is 55.1 Å². The van der Waals surface area contributed by atoms with E-state index in [1.807, 2.05) is 18.2 Å². The Hall–Kier alpha value is -2.86. The van der Waals surface area contributed by atoms with E-state index in [0.717, 1.165) is 30.8 Å².